The maximum atomic E-state index is 12.6. The SMILES string of the molecule is COCC(=O)N1CCN(Cc2c(-c3ccc(Cl)cc3)nc3ccc(N)cn23)CC1.CS(=O)(=O)Nc1ccc2nc(-c3ccc(Cl)cc3)c(CN3CCN(C(=O)c4cscn4)CC3)n2c1.O=C(CO)N1CCN(Cc2c(-c3ccc(Cl)cc3)nc3ccc(-c4ccccc4)cn23)CC1.O=C1CN(Cc2c(-c3ccc(Cl)cc3)nc3ccc(-c4ncon4)cn23)CCN1. The number of piperazine rings is 4. The molecule has 0 saturated carbocycles. The number of ether oxygens (including phenoxy) is 1. The van der Waals surface area contributed by atoms with Crippen LogP contribution in [0, 0.1) is 0 Å². The van der Waals surface area contributed by atoms with Gasteiger partial charge in [0.15, 0.2) is 0 Å². The van der Waals surface area contributed by atoms with Gasteiger partial charge in [0.1, 0.15) is 41.5 Å². The van der Waals surface area contributed by atoms with Crippen LogP contribution in [0.25, 0.3) is 90.1 Å². The van der Waals surface area contributed by atoms with Crippen LogP contribution in [-0.4, -0.2) is 249 Å². The highest BCUT2D eigenvalue weighted by atomic mass is 35.5. The molecule has 0 radical (unpaired) electrons. The fourth-order valence-corrected chi connectivity index (χ4v) is 17.3. The van der Waals surface area contributed by atoms with Crippen LogP contribution in [0.5, 0.6) is 0 Å². The molecule has 0 spiro atoms. The Labute approximate surface area is 750 Å². The zero-order chi connectivity index (χ0) is 87.5. The molecule has 5 N–H and O–H groups in total. The Balaban J connectivity index is 0.000000124. The van der Waals surface area contributed by atoms with E-state index in [2.05, 4.69) is 84.0 Å². The number of methoxy groups -OCH3 is 1. The van der Waals surface area contributed by atoms with E-state index in [9.17, 15) is 27.6 Å². The lowest BCUT2D eigenvalue weighted by molar-refractivity contribution is -0.137. The van der Waals surface area contributed by atoms with E-state index in [-0.39, 0.29) is 30.2 Å². The molecule has 10 aromatic heterocycles. The summed E-state index contributed by atoms with van der Waals surface area (Å²) in [5.41, 5.74) is 27.2. The number of aliphatic hydroxyl groups is 1. The summed E-state index contributed by atoms with van der Waals surface area (Å²) in [5, 5.41) is 20.4. The van der Waals surface area contributed by atoms with Crippen molar-refractivity contribution in [1.29, 1.82) is 0 Å². The van der Waals surface area contributed by atoms with E-state index in [1.807, 2.05) is 171 Å². The second kappa shape index (κ2) is 39.7. The first-order chi connectivity index (χ1) is 61.1. The third kappa shape index (κ3) is 21.0. The van der Waals surface area contributed by atoms with Crippen LogP contribution in [0.3, 0.4) is 0 Å². The molecule has 0 aliphatic carbocycles. The molecular formula is C90H89Cl4N21O9S2. The molecule has 4 saturated heterocycles. The Morgan fingerprint density at radius 3 is 1.35 bits per heavy atom. The van der Waals surface area contributed by atoms with Gasteiger partial charge in [-0.25, -0.2) is 33.3 Å². The molecule has 4 fully saturated rings. The van der Waals surface area contributed by atoms with Crippen molar-refractivity contribution in [3.05, 3.63) is 267 Å². The molecule has 19 rings (SSSR count). The Kier molecular flexibility index (Phi) is 27.5. The molecular weight excluding hydrogens is 1730 g/mol. The summed E-state index contributed by atoms with van der Waals surface area (Å²) in [6, 6.07) is 56.2. The Morgan fingerprint density at radius 2 is 0.913 bits per heavy atom. The minimum absolute atomic E-state index is 0.0330. The van der Waals surface area contributed by atoms with Gasteiger partial charge in [-0.15, -0.1) is 11.3 Å². The molecule has 4 amide bonds. The lowest BCUT2D eigenvalue weighted by Gasteiger charge is -2.34. The molecule has 4 aliphatic rings. The summed E-state index contributed by atoms with van der Waals surface area (Å²) < 4.78 is 44.1. The number of aromatic nitrogens is 11. The number of imidazole rings is 4. The number of rotatable bonds is 20. The van der Waals surface area contributed by atoms with Gasteiger partial charge in [-0.2, -0.15) is 4.98 Å². The van der Waals surface area contributed by atoms with Crippen LogP contribution in [0.1, 0.15) is 33.3 Å². The summed E-state index contributed by atoms with van der Waals surface area (Å²) >= 11 is 25.8. The maximum Gasteiger partial charge on any atom is 0.273 e. The molecule has 648 valence electrons. The number of nitrogens with zero attached hydrogens (tertiary/aromatic N) is 18. The highest BCUT2D eigenvalue weighted by Gasteiger charge is 2.30. The number of pyridine rings is 4. The summed E-state index contributed by atoms with van der Waals surface area (Å²) in [7, 11) is -1.88. The number of fused-ring (bicyclic) bond motifs is 4. The maximum absolute atomic E-state index is 12.6. The zero-order valence-corrected chi connectivity index (χ0v) is 73.5. The number of nitrogen functional groups attached to an aromatic ring is 1. The largest absolute Gasteiger partial charge is 0.398 e. The summed E-state index contributed by atoms with van der Waals surface area (Å²) in [4.78, 5) is 90.6. The number of halogens is 4. The number of thiazole rings is 1. The number of hydrogen-bond donors (Lipinski definition) is 4. The van der Waals surface area contributed by atoms with Crippen molar-refractivity contribution in [2.24, 2.45) is 0 Å². The Morgan fingerprint density at radius 1 is 0.492 bits per heavy atom. The van der Waals surface area contributed by atoms with Crippen LogP contribution < -0.4 is 15.8 Å². The number of carbonyl (C=O) groups is 4. The topological polar surface area (TPSA) is 326 Å². The first-order valence-electron chi connectivity index (χ1n) is 40.7. The normalized spacial score (nSPS) is 14.9. The number of carbonyl (C=O) groups excluding carboxylic acids is 4. The van der Waals surface area contributed by atoms with E-state index in [1.165, 1.54) is 17.7 Å². The van der Waals surface area contributed by atoms with Crippen LogP contribution in [0.4, 0.5) is 11.4 Å². The van der Waals surface area contributed by atoms with Crippen molar-refractivity contribution in [3.8, 4) is 67.5 Å². The lowest BCUT2D eigenvalue weighted by Crippen LogP contribution is -2.49. The van der Waals surface area contributed by atoms with E-state index >= 15 is 0 Å². The van der Waals surface area contributed by atoms with Crippen LogP contribution in [0.2, 0.25) is 20.1 Å². The highest BCUT2D eigenvalue weighted by molar-refractivity contribution is 7.92. The van der Waals surface area contributed by atoms with E-state index in [4.69, 9.17) is 86.4 Å². The molecule has 0 unspecified atom stereocenters. The van der Waals surface area contributed by atoms with E-state index < -0.39 is 16.6 Å². The van der Waals surface area contributed by atoms with Crippen LogP contribution >= 0.6 is 57.7 Å². The molecule has 126 heavy (non-hydrogen) atoms. The zero-order valence-electron chi connectivity index (χ0n) is 68.8. The fourth-order valence-electron chi connectivity index (χ4n) is 15.7. The second-order valence-electron chi connectivity index (χ2n) is 30.7. The average molecular weight is 1810 g/mol. The second-order valence-corrected chi connectivity index (χ2v) is 34.9. The van der Waals surface area contributed by atoms with Gasteiger partial charge in [0.2, 0.25) is 40.0 Å². The van der Waals surface area contributed by atoms with E-state index in [0.717, 1.165) is 147 Å². The van der Waals surface area contributed by atoms with Crippen molar-refractivity contribution in [3.63, 3.8) is 0 Å². The van der Waals surface area contributed by atoms with Crippen molar-refractivity contribution >= 4 is 125 Å². The summed E-state index contributed by atoms with van der Waals surface area (Å²) in [6.07, 6.45) is 10.2. The van der Waals surface area contributed by atoms with Crippen LogP contribution in [-0.2, 0) is 55.3 Å². The third-order valence-corrected chi connectivity index (χ3v) is 24.4. The molecule has 30 nitrogen and oxygen atoms in total. The molecule has 4 aliphatic heterocycles. The van der Waals surface area contributed by atoms with Crippen molar-refractivity contribution < 1.29 is 42.0 Å². The molecule has 5 aromatic carbocycles. The Hall–Kier alpha value is -12.0. The minimum Gasteiger partial charge on any atom is -0.398 e. The third-order valence-electron chi connectivity index (χ3n) is 22.2. The van der Waals surface area contributed by atoms with Gasteiger partial charge in [0.05, 0.1) is 69.5 Å². The van der Waals surface area contributed by atoms with Gasteiger partial charge in [0.25, 0.3) is 5.91 Å². The average Bonchev–Trinajstić information content (AvgIpc) is 1.63. The number of hydrogen-bond acceptors (Lipinski definition) is 22. The first-order valence-corrected chi connectivity index (χ1v) is 45.1. The van der Waals surface area contributed by atoms with Crippen molar-refractivity contribution in [1.82, 2.24) is 92.3 Å². The monoisotopic (exact) mass is 1810 g/mol. The number of benzene rings is 5. The van der Waals surface area contributed by atoms with Crippen molar-refractivity contribution in [2.45, 2.75) is 26.2 Å². The molecule has 0 atom stereocenters. The molecule has 0 bridgehead atoms. The highest BCUT2D eigenvalue weighted by Crippen LogP contribution is 2.35. The minimum atomic E-state index is -3.42. The summed E-state index contributed by atoms with van der Waals surface area (Å²) in [6.45, 7) is 12.4. The first kappa shape index (κ1) is 87.5. The predicted molar refractivity (Wildman–Crippen MR) is 488 cm³/mol. The van der Waals surface area contributed by atoms with Gasteiger partial charge in [0, 0.05) is 209 Å². The number of sulfonamides is 1. The summed E-state index contributed by atoms with van der Waals surface area (Å²) in [5.74, 6) is 0.331. The van der Waals surface area contributed by atoms with Gasteiger partial charge >= 0.3 is 0 Å². The number of nitrogens with one attached hydrogen (secondary N) is 2. The van der Waals surface area contributed by atoms with E-state index in [0.29, 0.717) is 134 Å². The smallest absolute Gasteiger partial charge is 0.273 e. The quantitative estimate of drug-likeness (QED) is 0.0551. The fraction of sp³-hybridized carbons (Fsp3) is 0.256. The molecule has 36 heteroatoms. The number of aliphatic hydroxyl groups excluding tert-OH is 1. The standard InChI is InChI=1S/C26H25ClN4O2.C23H23ClN6O3S2.C21H24ClN5O2.C20H17ClN6O2/c27-22-9-6-20(7-10-22)26-23(17-29-12-14-30(15-13-29)25(33)18-32)31-16-21(8-11-24(31)28-26)19-4-2-1-3-5-19;1-35(32,33)27-18-6-7-21-26-22(16-2-4-17(24)5-3-16)20(30(21)12-18)13-28-8-10-29(11-9-28)23(31)19-14-34-15-25-19;1-29-14-20(28)26-10-8-25(9-11-26)13-18-21(15-2-4-16(22)5-3-15)24-19-7-6-17(23)12-27(18)19;21-15-4-1-13(2-5-15)19-16(10-26-8-7-22-18(28)11-26)27-9-14(3-6-17(27)24-19)20-23-12-29-25-20/h1-11,16,32H,12-15,17-18H2;2-7,12,14-15,27H,8-11,13H2,1H3;2-7,12H,8-11,13-14,23H2,1H3;1-6,9,12H,7-8,10-11H2,(H,22,28). The number of amides is 4. The number of nitrogens with two attached hydrogens (primary N) is 1. The van der Waals surface area contributed by atoms with E-state index in [1.54, 1.807) is 41.2 Å². The van der Waals surface area contributed by atoms with Gasteiger partial charge in [-0.3, -0.25) is 47.9 Å². The van der Waals surface area contributed by atoms with Crippen LogP contribution in [0.15, 0.2) is 223 Å². The van der Waals surface area contributed by atoms with Gasteiger partial charge in [-0.05, 0) is 108 Å². The predicted octanol–water partition coefficient (Wildman–Crippen LogP) is 12.6. The number of anilines is 2. The molecule has 14 heterocycles. The van der Waals surface area contributed by atoms with Crippen molar-refractivity contribution in [2.75, 3.05) is 135 Å². The van der Waals surface area contributed by atoms with Gasteiger partial charge in [-0.1, -0.05) is 130 Å². The molecule has 15 aromatic rings. The lowest BCUT2D eigenvalue weighted by atomic mass is 10.1. The Bertz CT molecular complexity index is 6460. The van der Waals surface area contributed by atoms with Gasteiger partial charge < -0.3 is 53.3 Å².